The molecule has 0 atom stereocenters. The largest absolute Gasteiger partial charge is 0.350 e. The van der Waals surface area contributed by atoms with Crippen LogP contribution in [0, 0.1) is 5.92 Å². The highest BCUT2D eigenvalue weighted by Crippen LogP contribution is 2.26. The highest BCUT2D eigenvalue weighted by atomic mass is 31.2. The lowest BCUT2D eigenvalue weighted by atomic mass is 9.88. The first-order valence-corrected chi connectivity index (χ1v) is 7.20. The first-order chi connectivity index (χ1) is 7.61. The van der Waals surface area contributed by atoms with Crippen LogP contribution in [0.1, 0.15) is 38.5 Å². The fourth-order valence-corrected chi connectivity index (χ4v) is 2.46. The molecule has 0 aromatic rings. The smallest absolute Gasteiger partial charge is 0.249 e. The zero-order valence-corrected chi connectivity index (χ0v) is 10.3. The van der Waals surface area contributed by atoms with Gasteiger partial charge in [0, 0.05) is 18.6 Å². The number of hydrogen-bond acceptors (Lipinski definition) is 4. The number of hydrogen-bond donors (Lipinski definition) is 3. The first kappa shape index (κ1) is 13.8. The Balaban J connectivity index is 2.23. The Morgan fingerprint density at radius 1 is 1.25 bits per heavy atom. The molecule has 0 unspecified atom stereocenters. The van der Waals surface area contributed by atoms with Crippen LogP contribution in [0.25, 0.3) is 0 Å². The van der Waals surface area contributed by atoms with Crippen LogP contribution in [-0.4, -0.2) is 38.7 Å². The van der Waals surface area contributed by atoms with Crippen LogP contribution in [0.15, 0.2) is 0 Å². The van der Waals surface area contributed by atoms with Crippen molar-refractivity contribution in [2.24, 2.45) is 5.92 Å². The maximum Gasteiger partial charge on any atom is 0.249 e. The van der Waals surface area contributed by atoms with Crippen molar-refractivity contribution in [2.45, 2.75) is 38.5 Å². The van der Waals surface area contributed by atoms with Gasteiger partial charge in [-0.05, 0) is 19.3 Å². The average molecular weight is 249 g/mol. The highest BCUT2D eigenvalue weighted by Gasteiger charge is 2.24. The van der Waals surface area contributed by atoms with E-state index in [2.05, 4.69) is 0 Å². The quantitative estimate of drug-likeness (QED) is 0.391. The Kier molecular flexibility index (Phi) is 6.21. The normalized spacial score (nSPS) is 17.8. The molecule has 6 heteroatoms. The Hall–Kier alpha value is -0.220. The van der Waals surface area contributed by atoms with Gasteiger partial charge >= 0.3 is 0 Å². The summed E-state index contributed by atoms with van der Waals surface area (Å²) in [4.78, 5) is 29.1. The van der Waals surface area contributed by atoms with E-state index in [0.717, 1.165) is 30.7 Å². The molecule has 94 valence electrons. The number of nitrogens with zero attached hydrogens (tertiary/aromatic N) is 1. The highest BCUT2D eigenvalue weighted by molar-refractivity contribution is 7.45. The van der Waals surface area contributed by atoms with Gasteiger partial charge in [0.25, 0.3) is 0 Å². The van der Waals surface area contributed by atoms with Gasteiger partial charge in [0.05, 0.1) is 0 Å². The molecular formula is C10H20NO4P. The summed E-state index contributed by atoms with van der Waals surface area (Å²) >= 11 is 0. The predicted molar refractivity (Wildman–Crippen MR) is 60.9 cm³/mol. The van der Waals surface area contributed by atoms with Crippen LogP contribution in [0.2, 0.25) is 0 Å². The van der Waals surface area contributed by atoms with Crippen molar-refractivity contribution in [3.05, 3.63) is 0 Å². The molecule has 3 N–H and O–H groups in total. The van der Waals surface area contributed by atoms with Gasteiger partial charge in [-0.3, -0.25) is 10.0 Å². The van der Waals surface area contributed by atoms with Crippen molar-refractivity contribution < 1.29 is 19.8 Å². The van der Waals surface area contributed by atoms with Crippen molar-refractivity contribution >= 4 is 14.3 Å². The lowest BCUT2D eigenvalue weighted by Gasteiger charge is -2.24. The predicted octanol–water partition coefficient (Wildman–Crippen LogP) is 1.47. The number of rotatable bonds is 5. The van der Waals surface area contributed by atoms with Crippen LogP contribution >= 0.6 is 8.38 Å². The van der Waals surface area contributed by atoms with E-state index in [1.54, 1.807) is 0 Å². The standard InChI is InChI=1S/C10H20NO4P/c12-10(9-5-2-1-3-6-9)11(13)7-4-8-16(14)15/h9,13-15H,1-8H2. The number of carbonyl (C=O) groups is 1. The third-order valence-corrected chi connectivity index (χ3v) is 3.65. The summed E-state index contributed by atoms with van der Waals surface area (Å²) in [6.45, 7) is 0.190. The summed E-state index contributed by atoms with van der Waals surface area (Å²) in [5.41, 5.74) is 0. The molecule has 0 aliphatic heterocycles. The molecule has 1 amide bonds. The van der Waals surface area contributed by atoms with E-state index in [4.69, 9.17) is 9.79 Å². The third kappa shape index (κ3) is 4.74. The Labute approximate surface area is 96.9 Å². The Bertz CT molecular complexity index is 219. The van der Waals surface area contributed by atoms with E-state index in [1.807, 2.05) is 0 Å². The van der Waals surface area contributed by atoms with Crippen molar-refractivity contribution in [2.75, 3.05) is 12.7 Å². The monoisotopic (exact) mass is 249 g/mol. The van der Waals surface area contributed by atoms with E-state index in [1.165, 1.54) is 6.42 Å². The van der Waals surface area contributed by atoms with Crippen molar-refractivity contribution in [3.63, 3.8) is 0 Å². The summed E-state index contributed by atoms with van der Waals surface area (Å²) < 4.78 is 0. The summed E-state index contributed by atoms with van der Waals surface area (Å²) in [7, 11) is -1.91. The minimum absolute atomic E-state index is 0.0384. The molecular weight excluding hydrogens is 229 g/mol. The van der Waals surface area contributed by atoms with Crippen molar-refractivity contribution in [1.29, 1.82) is 0 Å². The Morgan fingerprint density at radius 2 is 1.88 bits per heavy atom. The van der Waals surface area contributed by atoms with E-state index in [0.29, 0.717) is 6.42 Å². The second kappa shape index (κ2) is 7.17. The molecule has 1 aliphatic rings. The summed E-state index contributed by atoms with van der Waals surface area (Å²) in [6, 6.07) is 0. The molecule has 0 bridgehead atoms. The minimum Gasteiger partial charge on any atom is -0.350 e. The second-order valence-corrected chi connectivity index (χ2v) is 5.44. The Morgan fingerprint density at radius 3 is 2.44 bits per heavy atom. The maximum absolute atomic E-state index is 11.7. The number of carbonyl (C=O) groups excluding carboxylic acids is 1. The van der Waals surface area contributed by atoms with Crippen molar-refractivity contribution in [3.8, 4) is 0 Å². The molecule has 1 aliphatic carbocycles. The van der Waals surface area contributed by atoms with Crippen LogP contribution < -0.4 is 0 Å². The zero-order valence-electron chi connectivity index (χ0n) is 9.38. The van der Waals surface area contributed by atoms with E-state index < -0.39 is 8.38 Å². The molecule has 1 saturated carbocycles. The van der Waals surface area contributed by atoms with Crippen LogP contribution in [-0.2, 0) is 4.79 Å². The van der Waals surface area contributed by atoms with E-state index in [9.17, 15) is 10.0 Å². The maximum atomic E-state index is 11.7. The summed E-state index contributed by atoms with van der Waals surface area (Å²) in [5, 5.41) is 10.3. The summed E-state index contributed by atoms with van der Waals surface area (Å²) in [6.07, 6.45) is 5.68. The third-order valence-electron chi connectivity index (χ3n) is 2.94. The lowest BCUT2D eigenvalue weighted by molar-refractivity contribution is -0.171. The molecule has 0 radical (unpaired) electrons. The minimum atomic E-state index is -1.91. The van der Waals surface area contributed by atoms with Gasteiger partial charge in [0.15, 0.2) is 8.38 Å². The van der Waals surface area contributed by atoms with Gasteiger partial charge in [-0.25, -0.2) is 5.06 Å². The SMILES string of the molecule is O=C(C1CCCCC1)N(O)CCCP(O)O. The molecule has 1 fully saturated rings. The first-order valence-electron chi connectivity index (χ1n) is 5.77. The topological polar surface area (TPSA) is 81.0 Å². The molecule has 0 spiro atoms. The van der Waals surface area contributed by atoms with E-state index in [-0.39, 0.29) is 24.5 Å². The van der Waals surface area contributed by atoms with Gasteiger partial charge in [-0.1, -0.05) is 19.3 Å². The average Bonchev–Trinajstić information content (AvgIpc) is 2.28. The van der Waals surface area contributed by atoms with Crippen molar-refractivity contribution in [1.82, 2.24) is 5.06 Å². The van der Waals surface area contributed by atoms with Crippen LogP contribution in [0.3, 0.4) is 0 Å². The zero-order chi connectivity index (χ0) is 12.0. The molecule has 0 heterocycles. The fraction of sp³-hybridized carbons (Fsp3) is 0.900. The van der Waals surface area contributed by atoms with Gasteiger partial charge in [-0.15, -0.1) is 0 Å². The summed E-state index contributed by atoms with van der Waals surface area (Å²) in [5.74, 6) is -0.247. The molecule has 1 rings (SSSR count). The number of hydroxylamine groups is 2. The second-order valence-electron chi connectivity index (χ2n) is 4.25. The van der Waals surface area contributed by atoms with Crippen LogP contribution in [0.4, 0.5) is 0 Å². The molecule has 16 heavy (non-hydrogen) atoms. The molecule has 0 aromatic heterocycles. The molecule has 5 nitrogen and oxygen atoms in total. The number of amides is 1. The lowest BCUT2D eigenvalue weighted by Crippen LogP contribution is -2.35. The molecule has 0 aromatic carbocycles. The van der Waals surface area contributed by atoms with Gasteiger partial charge in [-0.2, -0.15) is 0 Å². The fourth-order valence-electron chi connectivity index (χ4n) is 2.03. The van der Waals surface area contributed by atoms with Crippen LogP contribution in [0.5, 0.6) is 0 Å². The van der Waals surface area contributed by atoms with Gasteiger partial charge in [0.2, 0.25) is 5.91 Å². The molecule has 0 saturated heterocycles. The van der Waals surface area contributed by atoms with Gasteiger partial charge < -0.3 is 9.79 Å². The van der Waals surface area contributed by atoms with E-state index >= 15 is 0 Å². The van der Waals surface area contributed by atoms with Gasteiger partial charge in [0.1, 0.15) is 0 Å².